The van der Waals surface area contributed by atoms with Crippen LogP contribution >= 0.6 is 0 Å². The van der Waals surface area contributed by atoms with Gasteiger partial charge >= 0.3 is 5.97 Å². The molecule has 1 saturated carbocycles. The first-order valence-electron chi connectivity index (χ1n) is 11.6. The maximum absolute atomic E-state index is 12.9. The van der Waals surface area contributed by atoms with Gasteiger partial charge in [-0.1, -0.05) is 43.3 Å². The predicted molar refractivity (Wildman–Crippen MR) is 119 cm³/mol. The zero-order valence-electron chi connectivity index (χ0n) is 18.5. The van der Waals surface area contributed by atoms with E-state index in [4.69, 9.17) is 4.74 Å². The van der Waals surface area contributed by atoms with Crippen molar-refractivity contribution in [1.82, 2.24) is 9.80 Å². The molecule has 1 aromatic carbocycles. The maximum Gasteiger partial charge on any atom is 0.311 e. The van der Waals surface area contributed by atoms with E-state index in [-0.39, 0.29) is 35.1 Å². The van der Waals surface area contributed by atoms with Crippen LogP contribution < -0.4 is 0 Å². The third kappa shape index (κ3) is 3.79. The van der Waals surface area contributed by atoms with Crippen LogP contribution in [-0.2, 0) is 20.9 Å². The van der Waals surface area contributed by atoms with Gasteiger partial charge in [-0.15, -0.1) is 0 Å². The average Bonchev–Trinajstić information content (AvgIpc) is 3.08. The van der Waals surface area contributed by atoms with Crippen molar-refractivity contribution in [1.29, 1.82) is 0 Å². The van der Waals surface area contributed by atoms with Crippen molar-refractivity contribution < 1.29 is 14.3 Å². The summed E-state index contributed by atoms with van der Waals surface area (Å²) < 4.78 is 5.95. The Morgan fingerprint density at radius 3 is 2.52 bits per heavy atom. The van der Waals surface area contributed by atoms with Crippen LogP contribution in [0.25, 0.3) is 0 Å². The number of esters is 1. The minimum atomic E-state index is -0.232. The summed E-state index contributed by atoms with van der Waals surface area (Å²) in [6.07, 6.45) is 5.44. The molecule has 2 heterocycles. The largest absolute Gasteiger partial charge is 0.457 e. The minimum absolute atomic E-state index is 0.0576. The molecule has 0 N–H and O–H groups in total. The second-order valence-corrected chi connectivity index (χ2v) is 9.88. The fraction of sp³-hybridized carbons (Fsp3) is 0.538. The maximum atomic E-state index is 12.9. The zero-order chi connectivity index (χ0) is 21.6. The summed E-state index contributed by atoms with van der Waals surface area (Å²) in [5.74, 6) is 0.0825. The number of allylic oxidation sites excluding steroid dienone is 3. The molecular weight excluding hydrogens is 388 g/mol. The molecule has 5 heteroatoms. The number of hydrogen-bond acceptors (Lipinski definition) is 5. The molecule has 4 aliphatic rings. The number of ether oxygens (including phenoxy) is 1. The van der Waals surface area contributed by atoms with Gasteiger partial charge in [-0.3, -0.25) is 19.4 Å². The molecule has 0 aromatic heterocycles. The SMILES string of the molecule is CC1=C2[C@@H]3OC(=O)[C@@H](CN4CCN(Cc5ccccc5)CC4)[C@@H]3CC[C@@]2(C)C=CC1=O. The Balaban J connectivity index is 1.23. The molecule has 164 valence electrons. The number of carbonyl (C=O) groups excluding carboxylic acids is 2. The number of fused-ring (bicyclic) bond motifs is 3. The Morgan fingerprint density at radius 2 is 1.77 bits per heavy atom. The topological polar surface area (TPSA) is 49.9 Å². The third-order valence-corrected chi connectivity index (χ3v) is 7.89. The van der Waals surface area contributed by atoms with E-state index in [1.165, 1.54) is 5.56 Å². The van der Waals surface area contributed by atoms with Crippen molar-refractivity contribution in [3.63, 3.8) is 0 Å². The van der Waals surface area contributed by atoms with Gasteiger partial charge in [-0.05, 0) is 37.0 Å². The Morgan fingerprint density at radius 1 is 1.06 bits per heavy atom. The summed E-state index contributed by atoms with van der Waals surface area (Å²) >= 11 is 0. The lowest BCUT2D eigenvalue weighted by Crippen LogP contribution is -2.49. The summed E-state index contributed by atoms with van der Waals surface area (Å²) in [4.78, 5) is 30.1. The lowest BCUT2D eigenvalue weighted by atomic mass is 9.61. The molecule has 2 aliphatic heterocycles. The smallest absolute Gasteiger partial charge is 0.311 e. The first-order valence-corrected chi connectivity index (χ1v) is 11.6. The monoisotopic (exact) mass is 420 g/mol. The molecule has 0 spiro atoms. The van der Waals surface area contributed by atoms with Gasteiger partial charge in [0.15, 0.2) is 5.78 Å². The van der Waals surface area contributed by atoms with E-state index in [1.807, 2.05) is 13.0 Å². The van der Waals surface area contributed by atoms with Crippen LogP contribution in [0, 0.1) is 17.3 Å². The molecule has 3 fully saturated rings. The second-order valence-electron chi connectivity index (χ2n) is 9.88. The molecular formula is C26H32N2O3. The van der Waals surface area contributed by atoms with Gasteiger partial charge in [0.2, 0.25) is 0 Å². The molecule has 31 heavy (non-hydrogen) atoms. The molecule has 0 bridgehead atoms. The lowest BCUT2D eigenvalue weighted by Gasteiger charge is -2.43. The number of nitrogens with zero attached hydrogens (tertiary/aromatic N) is 2. The van der Waals surface area contributed by atoms with Crippen LogP contribution in [0.5, 0.6) is 0 Å². The highest BCUT2D eigenvalue weighted by Gasteiger charge is 2.54. The Hall–Kier alpha value is -2.24. The van der Waals surface area contributed by atoms with E-state index < -0.39 is 0 Å². The van der Waals surface area contributed by atoms with E-state index >= 15 is 0 Å². The number of rotatable bonds is 4. The van der Waals surface area contributed by atoms with Gasteiger partial charge in [0.1, 0.15) is 6.10 Å². The normalized spacial score (nSPS) is 33.9. The fourth-order valence-electron chi connectivity index (χ4n) is 6.03. The average molecular weight is 421 g/mol. The van der Waals surface area contributed by atoms with Crippen molar-refractivity contribution in [3.8, 4) is 0 Å². The summed E-state index contributed by atoms with van der Waals surface area (Å²) in [5, 5.41) is 0. The first-order chi connectivity index (χ1) is 14.9. The van der Waals surface area contributed by atoms with Crippen molar-refractivity contribution in [2.45, 2.75) is 39.3 Å². The molecule has 2 aliphatic carbocycles. The summed E-state index contributed by atoms with van der Waals surface area (Å²) in [7, 11) is 0. The van der Waals surface area contributed by atoms with Gasteiger partial charge in [0.05, 0.1) is 5.92 Å². The van der Waals surface area contributed by atoms with E-state index in [0.29, 0.717) is 0 Å². The number of hydrogen-bond donors (Lipinski definition) is 0. The third-order valence-electron chi connectivity index (χ3n) is 7.89. The Kier molecular flexibility index (Phi) is 5.35. The molecule has 1 aromatic rings. The summed E-state index contributed by atoms with van der Waals surface area (Å²) in [6.45, 7) is 9.83. The van der Waals surface area contributed by atoms with Gasteiger partial charge in [0, 0.05) is 56.2 Å². The van der Waals surface area contributed by atoms with Crippen molar-refractivity contribution in [2.24, 2.45) is 17.3 Å². The van der Waals surface area contributed by atoms with Gasteiger partial charge < -0.3 is 4.74 Å². The van der Waals surface area contributed by atoms with Crippen molar-refractivity contribution in [3.05, 3.63) is 59.2 Å². The van der Waals surface area contributed by atoms with Gasteiger partial charge in [-0.2, -0.15) is 0 Å². The molecule has 0 radical (unpaired) electrons. The molecule has 0 amide bonds. The number of benzene rings is 1. The van der Waals surface area contributed by atoms with E-state index in [1.54, 1.807) is 6.08 Å². The number of carbonyl (C=O) groups is 2. The van der Waals surface area contributed by atoms with Crippen LogP contribution in [0.3, 0.4) is 0 Å². The van der Waals surface area contributed by atoms with Gasteiger partial charge in [-0.25, -0.2) is 0 Å². The Labute approximate surface area is 184 Å². The fourth-order valence-corrected chi connectivity index (χ4v) is 6.03. The van der Waals surface area contributed by atoms with Crippen molar-refractivity contribution in [2.75, 3.05) is 32.7 Å². The molecule has 0 unspecified atom stereocenters. The van der Waals surface area contributed by atoms with Crippen LogP contribution in [0.15, 0.2) is 53.6 Å². The molecule has 4 atom stereocenters. The quantitative estimate of drug-likeness (QED) is 0.700. The zero-order valence-corrected chi connectivity index (χ0v) is 18.5. The predicted octanol–water partition coefficient (Wildman–Crippen LogP) is 3.22. The van der Waals surface area contributed by atoms with Crippen molar-refractivity contribution >= 4 is 11.8 Å². The van der Waals surface area contributed by atoms with Crippen LogP contribution in [0.1, 0.15) is 32.3 Å². The van der Waals surface area contributed by atoms with Crippen LogP contribution in [0.2, 0.25) is 0 Å². The van der Waals surface area contributed by atoms with E-state index in [2.05, 4.69) is 47.1 Å². The first kappa shape index (κ1) is 20.7. The number of ketones is 1. The highest BCUT2D eigenvalue weighted by Crippen LogP contribution is 2.53. The Bertz CT molecular complexity index is 929. The van der Waals surface area contributed by atoms with E-state index in [9.17, 15) is 9.59 Å². The number of piperazine rings is 1. The molecule has 5 nitrogen and oxygen atoms in total. The standard InChI is InChI=1S/C26H32N2O3/c1-18-22(29)9-11-26(2)10-8-20-21(25(30)31-24(20)23(18)26)17-28-14-12-27(13-15-28)16-19-6-4-3-5-7-19/h3-7,9,11,20-21,24H,8,10,12-17H2,1-2H3/t20-,21-,24+,26-/m0/s1. The van der Waals surface area contributed by atoms with E-state index in [0.717, 1.165) is 63.3 Å². The van der Waals surface area contributed by atoms with Gasteiger partial charge in [0.25, 0.3) is 0 Å². The summed E-state index contributed by atoms with van der Waals surface area (Å²) in [5.41, 5.74) is 3.03. The second kappa shape index (κ2) is 8.03. The highest BCUT2D eigenvalue weighted by atomic mass is 16.6. The van der Waals surface area contributed by atoms with Crippen LogP contribution in [0.4, 0.5) is 0 Å². The lowest BCUT2D eigenvalue weighted by molar-refractivity contribution is -0.144. The molecule has 5 rings (SSSR count). The highest BCUT2D eigenvalue weighted by molar-refractivity contribution is 6.05. The van der Waals surface area contributed by atoms with Crippen LogP contribution in [-0.4, -0.2) is 60.4 Å². The summed E-state index contributed by atoms with van der Waals surface area (Å²) in [6, 6.07) is 10.6. The minimum Gasteiger partial charge on any atom is -0.457 e. The molecule has 2 saturated heterocycles.